The van der Waals surface area contributed by atoms with Gasteiger partial charge in [-0.1, -0.05) is 0 Å². The standard InChI is InChI=1S/C11H11FN4O2/c1-5-15-8-3-6(12)2-7(13)10(8)11(18)16(5)4-9(14)17/h2-3H,4,13H2,1H3,(H2,14,17). The summed E-state index contributed by atoms with van der Waals surface area (Å²) in [6.45, 7) is 1.25. The van der Waals surface area contributed by atoms with Crippen molar-refractivity contribution in [1.29, 1.82) is 0 Å². The number of fused-ring (bicyclic) bond motifs is 1. The van der Waals surface area contributed by atoms with Crippen LogP contribution in [0.5, 0.6) is 0 Å². The third-order valence-electron chi connectivity index (χ3n) is 2.56. The third-order valence-corrected chi connectivity index (χ3v) is 2.56. The van der Waals surface area contributed by atoms with Gasteiger partial charge in [-0.05, 0) is 13.0 Å². The molecule has 6 nitrogen and oxygen atoms in total. The zero-order valence-electron chi connectivity index (χ0n) is 9.61. The van der Waals surface area contributed by atoms with Crippen LogP contribution in [0.25, 0.3) is 10.9 Å². The number of benzene rings is 1. The summed E-state index contributed by atoms with van der Waals surface area (Å²) in [4.78, 5) is 27.1. The molecule has 4 N–H and O–H groups in total. The molecule has 0 saturated carbocycles. The predicted octanol–water partition coefficient (Wildman–Crippen LogP) is -0.0885. The Morgan fingerprint density at radius 1 is 1.50 bits per heavy atom. The van der Waals surface area contributed by atoms with Crippen LogP contribution in [-0.4, -0.2) is 15.5 Å². The minimum atomic E-state index is -0.665. The largest absolute Gasteiger partial charge is 0.398 e. The molecule has 0 aliphatic rings. The van der Waals surface area contributed by atoms with Crippen molar-refractivity contribution < 1.29 is 9.18 Å². The van der Waals surface area contributed by atoms with E-state index in [0.717, 1.165) is 16.7 Å². The molecule has 0 aliphatic heterocycles. The van der Waals surface area contributed by atoms with E-state index in [0.29, 0.717) is 0 Å². The number of carbonyl (C=O) groups excluding carboxylic acids is 1. The number of anilines is 1. The number of aromatic nitrogens is 2. The average Bonchev–Trinajstić information content (AvgIpc) is 2.22. The normalized spacial score (nSPS) is 10.8. The lowest BCUT2D eigenvalue weighted by atomic mass is 10.2. The number of hydrogen-bond acceptors (Lipinski definition) is 4. The second kappa shape index (κ2) is 4.10. The number of nitrogen functional groups attached to an aromatic ring is 1. The Kier molecular flexibility index (Phi) is 2.74. The van der Waals surface area contributed by atoms with Crippen LogP contribution in [0.2, 0.25) is 0 Å². The molecule has 1 aromatic carbocycles. The Hall–Kier alpha value is -2.44. The molecule has 18 heavy (non-hydrogen) atoms. The number of carbonyl (C=O) groups is 1. The SMILES string of the molecule is Cc1nc2cc(F)cc(N)c2c(=O)n1CC(N)=O. The molecule has 0 fully saturated rings. The number of rotatable bonds is 2. The van der Waals surface area contributed by atoms with Gasteiger partial charge in [0.25, 0.3) is 5.56 Å². The van der Waals surface area contributed by atoms with Gasteiger partial charge >= 0.3 is 0 Å². The lowest BCUT2D eigenvalue weighted by Crippen LogP contribution is -2.30. The summed E-state index contributed by atoms with van der Waals surface area (Å²) in [5, 5.41) is 0.0863. The van der Waals surface area contributed by atoms with Gasteiger partial charge in [-0.25, -0.2) is 9.37 Å². The van der Waals surface area contributed by atoms with Crippen LogP contribution >= 0.6 is 0 Å². The lowest BCUT2D eigenvalue weighted by Gasteiger charge is -2.10. The van der Waals surface area contributed by atoms with Crippen molar-refractivity contribution in [2.75, 3.05) is 5.73 Å². The molecule has 94 valence electrons. The number of hydrogen-bond donors (Lipinski definition) is 2. The van der Waals surface area contributed by atoms with Crippen LogP contribution < -0.4 is 17.0 Å². The molecule has 0 radical (unpaired) electrons. The van der Waals surface area contributed by atoms with Crippen LogP contribution in [0.1, 0.15) is 5.82 Å². The molecule has 2 rings (SSSR count). The van der Waals surface area contributed by atoms with E-state index >= 15 is 0 Å². The van der Waals surface area contributed by atoms with Crippen LogP contribution in [0.3, 0.4) is 0 Å². The Morgan fingerprint density at radius 3 is 2.78 bits per heavy atom. The molecule has 1 aromatic heterocycles. The van der Waals surface area contributed by atoms with Gasteiger partial charge in [-0.2, -0.15) is 0 Å². The fourth-order valence-corrected chi connectivity index (χ4v) is 1.79. The smallest absolute Gasteiger partial charge is 0.263 e. The maximum Gasteiger partial charge on any atom is 0.263 e. The maximum absolute atomic E-state index is 13.2. The van der Waals surface area contributed by atoms with Crippen LogP contribution in [0.4, 0.5) is 10.1 Å². The molecule has 1 amide bonds. The van der Waals surface area contributed by atoms with Gasteiger partial charge in [-0.15, -0.1) is 0 Å². The zero-order chi connectivity index (χ0) is 13.4. The highest BCUT2D eigenvalue weighted by molar-refractivity contribution is 5.89. The second-order valence-electron chi connectivity index (χ2n) is 3.91. The van der Waals surface area contributed by atoms with Crippen molar-refractivity contribution in [2.45, 2.75) is 13.5 Å². The zero-order valence-corrected chi connectivity index (χ0v) is 9.61. The van der Waals surface area contributed by atoms with Crippen molar-refractivity contribution >= 4 is 22.5 Å². The fraction of sp³-hybridized carbons (Fsp3) is 0.182. The summed E-state index contributed by atoms with van der Waals surface area (Å²) in [7, 11) is 0. The van der Waals surface area contributed by atoms with Gasteiger partial charge in [0.05, 0.1) is 10.9 Å². The number of nitrogens with zero attached hydrogens (tertiary/aromatic N) is 2. The van der Waals surface area contributed by atoms with Crippen molar-refractivity contribution in [1.82, 2.24) is 9.55 Å². The average molecular weight is 250 g/mol. The number of nitrogens with two attached hydrogens (primary N) is 2. The molecule has 0 aliphatic carbocycles. The summed E-state index contributed by atoms with van der Waals surface area (Å²) < 4.78 is 14.3. The number of halogens is 1. The van der Waals surface area contributed by atoms with E-state index in [4.69, 9.17) is 11.5 Å². The molecular weight excluding hydrogens is 239 g/mol. The quantitative estimate of drug-likeness (QED) is 0.727. The first-order valence-corrected chi connectivity index (χ1v) is 5.14. The molecule has 7 heteroatoms. The first kappa shape index (κ1) is 12.0. The van der Waals surface area contributed by atoms with E-state index in [2.05, 4.69) is 4.98 Å². The van der Waals surface area contributed by atoms with Crippen molar-refractivity contribution in [3.63, 3.8) is 0 Å². The van der Waals surface area contributed by atoms with Gasteiger partial charge in [0.15, 0.2) is 0 Å². The number of primary amides is 1. The van der Waals surface area contributed by atoms with Gasteiger partial charge in [0.1, 0.15) is 18.2 Å². The molecule has 0 spiro atoms. The molecule has 1 heterocycles. The molecule has 0 bridgehead atoms. The van der Waals surface area contributed by atoms with Crippen LogP contribution in [0.15, 0.2) is 16.9 Å². The highest BCUT2D eigenvalue weighted by atomic mass is 19.1. The predicted molar refractivity (Wildman–Crippen MR) is 64.3 cm³/mol. The minimum Gasteiger partial charge on any atom is -0.398 e. The summed E-state index contributed by atoms with van der Waals surface area (Å²) in [6, 6.07) is 2.16. The summed E-state index contributed by atoms with van der Waals surface area (Å²) in [5.74, 6) is -0.961. The fourth-order valence-electron chi connectivity index (χ4n) is 1.79. The van der Waals surface area contributed by atoms with E-state index in [1.165, 1.54) is 6.92 Å². The summed E-state index contributed by atoms with van der Waals surface area (Å²) >= 11 is 0. The second-order valence-corrected chi connectivity index (χ2v) is 3.91. The van der Waals surface area contributed by atoms with Crippen LogP contribution in [-0.2, 0) is 11.3 Å². The maximum atomic E-state index is 13.2. The van der Waals surface area contributed by atoms with Gasteiger partial charge in [0, 0.05) is 11.8 Å². The topological polar surface area (TPSA) is 104 Å². The first-order chi connectivity index (χ1) is 8.40. The van der Waals surface area contributed by atoms with Crippen molar-refractivity contribution in [2.24, 2.45) is 5.73 Å². The molecule has 0 atom stereocenters. The number of aryl methyl sites for hydroxylation is 1. The minimum absolute atomic E-state index is 0.0132. The summed E-state index contributed by atoms with van der Waals surface area (Å²) in [5.41, 5.74) is 10.3. The molecular formula is C11H11FN4O2. The Balaban J connectivity index is 2.85. The van der Waals surface area contributed by atoms with Gasteiger partial charge in [0.2, 0.25) is 5.91 Å². The van der Waals surface area contributed by atoms with Crippen molar-refractivity contribution in [3.8, 4) is 0 Å². The Bertz CT molecular complexity index is 708. The first-order valence-electron chi connectivity index (χ1n) is 5.14. The highest BCUT2D eigenvalue weighted by Gasteiger charge is 2.13. The van der Waals surface area contributed by atoms with E-state index in [9.17, 15) is 14.0 Å². The van der Waals surface area contributed by atoms with Gasteiger partial charge in [-0.3, -0.25) is 14.2 Å². The molecule has 2 aromatic rings. The third kappa shape index (κ3) is 1.90. The summed E-state index contributed by atoms with van der Waals surface area (Å²) in [6.07, 6.45) is 0. The number of amides is 1. The highest BCUT2D eigenvalue weighted by Crippen LogP contribution is 2.18. The molecule has 0 saturated heterocycles. The molecule has 0 unspecified atom stereocenters. The van der Waals surface area contributed by atoms with Gasteiger partial charge < -0.3 is 11.5 Å². The Labute approximate surface area is 101 Å². The lowest BCUT2D eigenvalue weighted by molar-refractivity contribution is -0.118. The van der Waals surface area contributed by atoms with E-state index in [1.54, 1.807) is 0 Å². The van der Waals surface area contributed by atoms with Crippen molar-refractivity contribution in [3.05, 3.63) is 34.1 Å². The monoisotopic (exact) mass is 250 g/mol. The Morgan fingerprint density at radius 2 is 2.17 bits per heavy atom. The van der Waals surface area contributed by atoms with E-state index in [1.807, 2.05) is 0 Å². The van der Waals surface area contributed by atoms with E-state index in [-0.39, 0.29) is 29.0 Å². The van der Waals surface area contributed by atoms with E-state index < -0.39 is 17.3 Å². The van der Waals surface area contributed by atoms with Crippen LogP contribution in [0, 0.1) is 12.7 Å².